The molecule has 45 heavy (non-hydrogen) atoms. The molecule has 4 rings (SSSR count). The van der Waals surface area contributed by atoms with Crippen LogP contribution in [0.4, 0.5) is 10.5 Å². The highest BCUT2D eigenvalue weighted by Crippen LogP contribution is 2.30. The van der Waals surface area contributed by atoms with Gasteiger partial charge in [-0.25, -0.2) is 4.79 Å². The zero-order valence-electron chi connectivity index (χ0n) is 26.1. The van der Waals surface area contributed by atoms with Crippen LogP contribution in [0, 0.1) is 0 Å². The number of amides is 3. The van der Waals surface area contributed by atoms with Gasteiger partial charge in [0.1, 0.15) is 23.6 Å². The molecule has 238 valence electrons. The molecule has 0 unspecified atom stereocenters. The summed E-state index contributed by atoms with van der Waals surface area (Å²) in [7, 11) is 0. The highest BCUT2D eigenvalue weighted by atomic mass is 16.6. The second-order valence-corrected chi connectivity index (χ2v) is 12.0. The van der Waals surface area contributed by atoms with Crippen LogP contribution in [-0.4, -0.2) is 59.1 Å². The van der Waals surface area contributed by atoms with E-state index in [0.717, 1.165) is 36.1 Å². The molecule has 0 saturated heterocycles. The molecule has 10 heteroatoms. The van der Waals surface area contributed by atoms with Crippen molar-refractivity contribution in [3.8, 4) is 11.5 Å². The van der Waals surface area contributed by atoms with Gasteiger partial charge in [-0.3, -0.25) is 14.4 Å². The minimum absolute atomic E-state index is 0.0619. The number of alkyl carbamates (subject to hydrolysis) is 1. The van der Waals surface area contributed by atoms with Gasteiger partial charge in [0.2, 0.25) is 5.91 Å². The lowest BCUT2D eigenvalue weighted by atomic mass is 10.0. The van der Waals surface area contributed by atoms with Gasteiger partial charge in [-0.05, 0) is 87.6 Å². The Morgan fingerprint density at radius 3 is 2.27 bits per heavy atom. The van der Waals surface area contributed by atoms with Crippen molar-refractivity contribution < 1.29 is 33.8 Å². The lowest BCUT2D eigenvalue weighted by molar-refractivity contribution is -0.137. The van der Waals surface area contributed by atoms with Gasteiger partial charge in [0.25, 0.3) is 5.91 Å². The summed E-state index contributed by atoms with van der Waals surface area (Å²) in [5, 5.41) is 12.0. The lowest BCUT2D eigenvalue weighted by Crippen LogP contribution is -2.40. The number of rotatable bonds is 13. The Hall–Kier alpha value is -4.86. The molecule has 3 amide bonds. The number of aliphatic carboxylic acids is 1. The Bertz CT molecular complexity index is 1480. The first kappa shape index (κ1) is 33.0. The summed E-state index contributed by atoms with van der Waals surface area (Å²) in [6.07, 6.45) is 2.50. The van der Waals surface area contributed by atoms with Gasteiger partial charge in [0, 0.05) is 13.1 Å². The number of aryl methyl sites for hydroxylation is 1. The fourth-order valence-electron chi connectivity index (χ4n) is 4.96. The Kier molecular flexibility index (Phi) is 11.2. The van der Waals surface area contributed by atoms with E-state index in [1.54, 1.807) is 11.0 Å². The van der Waals surface area contributed by atoms with Crippen LogP contribution in [0.5, 0.6) is 11.5 Å². The van der Waals surface area contributed by atoms with Gasteiger partial charge < -0.3 is 29.7 Å². The summed E-state index contributed by atoms with van der Waals surface area (Å²) in [5.74, 6) is -0.313. The molecular formula is C35H41N3O7. The first-order valence-electron chi connectivity index (χ1n) is 15.2. The quantitative estimate of drug-likeness (QED) is 0.220. The number of carbonyl (C=O) groups is 4. The summed E-state index contributed by atoms with van der Waals surface area (Å²) in [5.41, 5.74) is 2.12. The van der Waals surface area contributed by atoms with E-state index in [1.807, 2.05) is 87.5 Å². The molecule has 0 aromatic heterocycles. The number of para-hydroxylation sites is 1. The van der Waals surface area contributed by atoms with E-state index in [4.69, 9.17) is 9.47 Å². The van der Waals surface area contributed by atoms with Crippen molar-refractivity contribution in [2.24, 2.45) is 0 Å². The number of carboxylic acids is 1. The second-order valence-electron chi connectivity index (χ2n) is 12.0. The van der Waals surface area contributed by atoms with E-state index in [9.17, 15) is 24.3 Å². The van der Waals surface area contributed by atoms with Gasteiger partial charge in [-0.2, -0.15) is 0 Å². The van der Waals surface area contributed by atoms with E-state index in [0.29, 0.717) is 30.0 Å². The number of anilines is 1. The Morgan fingerprint density at radius 1 is 0.889 bits per heavy atom. The van der Waals surface area contributed by atoms with Gasteiger partial charge >= 0.3 is 12.1 Å². The number of hydrogen-bond donors (Lipinski definition) is 2. The summed E-state index contributed by atoms with van der Waals surface area (Å²) in [6.45, 7) is 5.92. The Morgan fingerprint density at radius 2 is 1.58 bits per heavy atom. The average Bonchev–Trinajstić information content (AvgIpc) is 3.08. The van der Waals surface area contributed by atoms with Crippen molar-refractivity contribution in [1.82, 2.24) is 10.2 Å². The topological polar surface area (TPSA) is 125 Å². The predicted octanol–water partition coefficient (Wildman–Crippen LogP) is 6.18. The van der Waals surface area contributed by atoms with Crippen LogP contribution in [0.2, 0.25) is 0 Å². The van der Waals surface area contributed by atoms with Crippen molar-refractivity contribution in [3.63, 3.8) is 0 Å². The fraction of sp³-hybridized carbons (Fsp3) is 0.371. The molecule has 0 radical (unpaired) electrons. The van der Waals surface area contributed by atoms with Crippen molar-refractivity contribution in [3.05, 3.63) is 89.5 Å². The normalized spacial score (nSPS) is 13.2. The number of carboxylic acid groups (broad SMARTS) is 1. The number of hydrogen-bond acceptors (Lipinski definition) is 6. The van der Waals surface area contributed by atoms with Gasteiger partial charge in [-0.15, -0.1) is 0 Å². The molecule has 3 aromatic rings. The third-order valence-electron chi connectivity index (χ3n) is 7.15. The van der Waals surface area contributed by atoms with E-state index in [1.165, 1.54) is 4.90 Å². The van der Waals surface area contributed by atoms with Crippen LogP contribution in [0.25, 0.3) is 0 Å². The van der Waals surface area contributed by atoms with Crippen LogP contribution < -0.4 is 15.0 Å². The SMILES string of the molecule is CC(C)(C)OC(=O)NCCCCCc1ccc2c(c1)C(=O)N(CCC(=O)O)CC(=O)N2Cc1ccc(Oc2ccccc2)cc1. The molecule has 10 nitrogen and oxygen atoms in total. The number of carbonyl (C=O) groups excluding carboxylic acids is 3. The monoisotopic (exact) mass is 615 g/mol. The lowest BCUT2D eigenvalue weighted by Gasteiger charge is -2.23. The minimum Gasteiger partial charge on any atom is -0.481 e. The molecule has 3 aromatic carbocycles. The number of ether oxygens (including phenoxy) is 2. The fourth-order valence-corrected chi connectivity index (χ4v) is 4.96. The number of benzene rings is 3. The van der Waals surface area contributed by atoms with Crippen LogP contribution in [0.15, 0.2) is 72.8 Å². The highest BCUT2D eigenvalue weighted by molar-refractivity contribution is 6.09. The molecule has 1 heterocycles. The summed E-state index contributed by atoms with van der Waals surface area (Å²) < 4.78 is 11.1. The van der Waals surface area contributed by atoms with E-state index in [-0.39, 0.29) is 37.9 Å². The molecule has 0 aliphatic carbocycles. The smallest absolute Gasteiger partial charge is 0.407 e. The largest absolute Gasteiger partial charge is 0.481 e. The van der Waals surface area contributed by atoms with Crippen molar-refractivity contribution in [1.29, 1.82) is 0 Å². The predicted molar refractivity (Wildman–Crippen MR) is 171 cm³/mol. The van der Waals surface area contributed by atoms with Gasteiger partial charge in [-0.1, -0.05) is 42.8 Å². The molecule has 2 N–H and O–H groups in total. The van der Waals surface area contributed by atoms with Crippen LogP contribution in [0.1, 0.15) is 67.9 Å². The number of unbranched alkanes of at least 4 members (excludes halogenated alkanes) is 2. The molecule has 1 aliphatic rings. The van der Waals surface area contributed by atoms with E-state index >= 15 is 0 Å². The third-order valence-corrected chi connectivity index (χ3v) is 7.15. The Labute approximate surface area is 263 Å². The highest BCUT2D eigenvalue weighted by Gasteiger charge is 2.32. The first-order valence-corrected chi connectivity index (χ1v) is 15.2. The summed E-state index contributed by atoms with van der Waals surface area (Å²) >= 11 is 0. The zero-order valence-corrected chi connectivity index (χ0v) is 26.1. The maximum atomic E-state index is 13.6. The average molecular weight is 616 g/mol. The summed E-state index contributed by atoms with van der Waals surface area (Å²) in [4.78, 5) is 53.1. The number of fused-ring (bicyclic) bond motifs is 1. The van der Waals surface area contributed by atoms with E-state index in [2.05, 4.69) is 5.32 Å². The van der Waals surface area contributed by atoms with Gasteiger partial charge in [0.15, 0.2) is 0 Å². The van der Waals surface area contributed by atoms with E-state index < -0.39 is 17.7 Å². The van der Waals surface area contributed by atoms with Crippen LogP contribution in [0.3, 0.4) is 0 Å². The maximum absolute atomic E-state index is 13.6. The molecule has 0 saturated carbocycles. The maximum Gasteiger partial charge on any atom is 0.407 e. The second kappa shape index (κ2) is 15.2. The minimum atomic E-state index is -1.04. The molecular weight excluding hydrogens is 574 g/mol. The van der Waals surface area contributed by atoms with Crippen LogP contribution >= 0.6 is 0 Å². The third kappa shape index (κ3) is 10.1. The molecule has 0 bridgehead atoms. The van der Waals surface area contributed by atoms with Crippen molar-refractivity contribution >= 4 is 29.6 Å². The number of nitrogens with zero attached hydrogens (tertiary/aromatic N) is 2. The van der Waals surface area contributed by atoms with Gasteiger partial charge in [0.05, 0.1) is 24.2 Å². The number of nitrogens with one attached hydrogen (secondary N) is 1. The zero-order chi connectivity index (χ0) is 32.4. The molecule has 0 spiro atoms. The van der Waals surface area contributed by atoms with Crippen molar-refractivity contribution in [2.45, 2.75) is 65.0 Å². The Balaban J connectivity index is 1.45. The molecule has 0 atom stereocenters. The van der Waals surface area contributed by atoms with Crippen molar-refractivity contribution in [2.75, 3.05) is 24.5 Å². The first-order chi connectivity index (χ1) is 21.5. The molecule has 1 aliphatic heterocycles. The summed E-state index contributed by atoms with van der Waals surface area (Å²) in [6, 6.07) is 22.4. The molecule has 0 fully saturated rings. The van der Waals surface area contributed by atoms with Crippen LogP contribution in [-0.2, 0) is 27.3 Å². The standard InChI is InChI=1S/C35H41N3O7/c1-35(2,3)45-34(43)36-20-9-5-6-10-25-15-18-30-29(22-25)33(42)37(21-19-32(40)41)24-31(39)38(30)23-26-13-16-28(17-14-26)44-27-11-7-4-8-12-27/h4,7-8,11-18,22H,5-6,9-10,19-21,23-24H2,1-3H3,(H,36,43)(H,40,41).